The standard InChI is InChI=1S/C20H23ClN4O2.ClH/c1-14(23-20(27)24-17-8-3-2-4-9-17)19(26)25-11-10-22-13-18(25)15-6-5-7-16(21)12-15;/h2-9,12,14,18,22H,10-11,13H2,1H3,(H2,23,24,27);1H. The van der Waals surface area contributed by atoms with Crippen LogP contribution in [-0.2, 0) is 4.79 Å². The average molecular weight is 423 g/mol. The van der Waals surface area contributed by atoms with E-state index in [9.17, 15) is 9.59 Å². The fourth-order valence-corrected chi connectivity index (χ4v) is 3.37. The molecule has 2 unspecified atom stereocenters. The van der Waals surface area contributed by atoms with Gasteiger partial charge in [0.15, 0.2) is 0 Å². The van der Waals surface area contributed by atoms with E-state index < -0.39 is 12.1 Å². The van der Waals surface area contributed by atoms with E-state index in [1.54, 1.807) is 24.0 Å². The SMILES string of the molecule is CC(NC(=O)Nc1ccccc1)C(=O)N1CCNCC1c1cccc(Cl)c1.Cl. The lowest BCUT2D eigenvalue weighted by atomic mass is 10.0. The summed E-state index contributed by atoms with van der Waals surface area (Å²) in [5.74, 6) is -0.121. The monoisotopic (exact) mass is 422 g/mol. The zero-order valence-corrected chi connectivity index (χ0v) is 17.1. The molecule has 1 aliphatic heterocycles. The maximum absolute atomic E-state index is 13.0. The smallest absolute Gasteiger partial charge is 0.319 e. The molecular weight excluding hydrogens is 399 g/mol. The number of rotatable bonds is 4. The van der Waals surface area contributed by atoms with Crippen LogP contribution < -0.4 is 16.0 Å². The lowest BCUT2D eigenvalue weighted by Crippen LogP contribution is -2.54. The largest absolute Gasteiger partial charge is 0.331 e. The van der Waals surface area contributed by atoms with Crippen molar-refractivity contribution < 1.29 is 9.59 Å². The Balaban J connectivity index is 0.00000280. The molecule has 0 spiro atoms. The summed E-state index contributed by atoms with van der Waals surface area (Å²) >= 11 is 6.11. The Kier molecular flexibility index (Phi) is 8.11. The molecule has 0 radical (unpaired) electrons. The second kappa shape index (κ2) is 10.3. The van der Waals surface area contributed by atoms with Crippen LogP contribution in [0.15, 0.2) is 54.6 Å². The molecular formula is C20H24Cl2N4O2. The van der Waals surface area contributed by atoms with Crippen LogP contribution in [0.1, 0.15) is 18.5 Å². The Morgan fingerprint density at radius 1 is 1.18 bits per heavy atom. The van der Waals surface area contributed by atoms with Crippen LogP contribution in [0, 0.1) is 0 Å². The summed E-state index contributed by atoms with van der Waals surface area (Å²) in [6.07, 6.45) is 0. The number of para-hydroxylation sites is 1. The van der Waals surface area contributed by atoms with E-state index in [4.69, 9.17) is 11.6 Å². The number of hydrogen-bond acceptors (Lipinski definition) is 3. The molecule has 150 valence electrons. The third kappa shape index (κ3) is 5.61. The fourth-order valence-electron chi connectivity index (χ4n) is 3.18. The zero-order chi connectivity index (χ0) is 19.2. The summed E-state index contributed by atoms with van der Waals surface area (Å²) in [6, 6.07) is 15.5. The molecule has 1 heterocycles. The molecule has 0 saturated carbocycles. The highest BCUT2D eigenvalue weighted by Gasteiger charge is 2.31. The van der Waals surface area contributed by atoms with E-state index in [1.165, 1.54) is 0 Å². The molecule has 0 aromatic heterocycles. The van der Waals surface area contributed by atoms with Gasteiger partial charge in [-0.15, -0.1) is 12.4 Å². The molecule has 8 heteroatoms. The highest BCUT2D eigenvalue weighted by molar-refractivity contribution is 6.30. The van der Waals surface area contributed by atoms with Gasteiger partial charge in [0.25, 0.3) is 0 Å². The molecule has 1 aliphatic rings. The van der Waals surface area contributed by atoms with E-state index in [0.29, 0.717) is 30.3 Å². The minimum absolute atomic E-state index is 0. The van der Waals surface area contributed by atoms with E-state index in [0.717, 1.165) is 5.56 Å². The maximum Gasteiger partial charge on any atom is 0.319 e. The number of halogens is 2. The number of hydrogen-bond donors (Lipinski definition) is 3. The number of amides is 3. The number of carbonyl (C=O) groups excluding carboxylic acids is 2. The van der Waals surface area contributed by atoms with Gasteiger partial charge in [-0.1, -0.05) is 41.9 Å². The van der Waals surface area contributed by atoms with Gasteiger partial charge in [0.1, 0.15) is 6.04 Å². The molecule has 3 amide bonds. The van der Waals surface area contributed by atoms with Crippen molar-refractivity contribution in [1.82, 2.24) is 15.5 Å². The van der Waals surface area contributed by atoms with Crippen molar-refractivity contribution in [3.63, 3.8) is 0 Å². The summed E-state index contributed by atoms with van der Waals surface area (Å²) in [4.78, 5) is 27.0. The Bertz CT molecular complexity index is 804. The Morgan fingerprint density at radius 3 is 2.64 bits per heavy atom. The van der Waals surface area contributed by atoms with Gasteiger partial charge in [-0.2, -0.15) is 0 Å². The van der Waals surface area contributed by atoms with Crippen molar-refractivity contribution in [1.29, 1.82) is 0 Å². The van der Waals surface area contributed by atoms with Crippen molar-refractivity contribution in [2.75, 3.05) is 25.0 Å². The molecule has 1 saturated heterocycles. The molecule has 6 nitrogen and oxygen atoms in total. The quantitative estimate of drug-likeness (QED) is 0.706. The van der Waals surface area contributed by atoms with Gasteiger partial charge < -0.3 is 20.9 Å². The summed E-state index contributed by atoms with van der Waals surface area (Å²) in [7, 11) is 0. The molecule has 2 aromatic carbocycles. The number of nitrogens with zero attached hydrogens (tertiary/aromatic N) is 1. The molecule has 0 bridgehead atoms. The molecule has 2 aromatic rings. The van der Waals surface area contributed by atoms with Gasteiger partial charge in [0, 0.05) is 30.3 Å². The van der Waals surface area contributed by atoms with Crippen LogP contribution in [0.5, 0.6) is 0 Å². The first-order valence-electron chi connectivity index (χ1n) is 8.94. The third-order valence-corrected chi connectivity index (χ3v) is 4.74. The fraction of sp³-hybridized carbons (Fsp3) is 0.300. The van der Waals surface area contributed by atoms with Crippen molar-refractivity contribution in [2.24, 2.45) is 0 Å². The van der Waals surface area contributed by atoms with Crippen LogP contribution in [-0.4, -0.2) is 42.5 Å². The number of anilines is 1. The summed E-state index contributed by atoms with van der Waals surface area (Å²) in [6.45, 7) is 3.63. The van der Waals surface area contributed by atoms with Crippen molar-refractivity contribution >= 4 is 41.6 Å². The van der Waals surface area contributed by atoms with Gasteiger partial charge in [0.2, 0.25) is 5.91 Å². The van der Waals surface area contributed by atoms with Crippen LogP contribution >= 0.6 is 24.0 Å². The highest BCUT2D eigenvalue weighted by atomic mass is 35.5. The predicted octanol–water partition coefficient (Wildman–Crippen LogP) is 3.44. The second-order valence-electron chi connectivity index (χ2n) is 6.49. The minimum Gasteiger partial charge on any atom is -0.331 e. The molecule has 0 aliphatic carbocycles. The van der Waals surface area contributed by atoms with Crippen molar-refractivity contribution in [2.45, 2.75) is 19.0 Å². The normalized spacial score (nSPS) is 17.2. The Labute approximate surface area is 176 Å². The second-order valence-corrected chi connectivity index (χ2v) is 6.93. The summed E-state index contributed by atoms with van der Waals surface area (Å²) in [5, 5.41) is 9.40. The van der Waals surface area contributed by atoms with Crippen molar-refractivity contribution in [3.05, 3.63) is 65.2 Å². The zero-order valence-electron chi connectivity index (χ0n) is 15.5. The number of nitrogens with one attached hydrogen (secondary N) is 3. The minimum atomic E-state index is -0.645. The van der Waals surface area contributed by atoms with Gasteiger partial charge >= 0.3 is 6.03 Å². The third-order valence-electron chi connectivity index (χ3n) is 4.51. The van der Waals surface area contributed by atoms with Crippen LogP contribution in [0.2, 0.25) is 5.02 Å². The summed E-state index contributed by atoms with van der Waals surface area (Å²) in [5.41, 5.74) is 1.65. The van der Waals surface area contributed by atoms with Crippen LogP contribution in [0.3, 0.4) is 0 Å². The Hall–Kier alpha value is -2.28. The van der Waals surface area contributed by atoms with Gasteiger partial charge in [-0.3, -0.25) is 4.79 Å². The first-order chi connectivity index (χ1) is 13.0. The lowest BCUT2D eigenvalue weighted by molar-refractivity contribution is -0.136. The summed E-state index contributed by atoms with van der Waals surface area (Å²) < 4.78 is 0. The maximum atomic E-state index is 13.0. The average Bonchev–Trinajstić information content (AvgIpc) is 2.68. The lowest BCUT2D eigenvalue weighted by Gasteiger charge is -2.38. The topological polar surface area (TPSA) is 73.5 Å². The van der Waals surface area contributed by atoms with Crippen LogP contribution in [0.4, 0.5) is 10.5 Å². The highest BCUT2D eigenvalue weighted by Crippen LogP contribution is 2.25. The Morgan fingerprint density at radius 2 is 1.93 bits per heavy atom. The van der Waals surface area contributed by atoms with Crippen LogP contribution in [0.25, 0.3) is 0 Å². The van der Waals surface area contributed by atoms with Gasteiger partial charge in [-0.05, 0) is 36.8 Å². The molecule has 3 N–H and O–H groups in total. The molecule has 2 atom stereocenters. The number of urea groups is 1. The molecule has 28 heavy (non-hydrogen) atoms. The first kappa shape index (κ1) is 22.0. The van der Waals surface area contributed by atoms with E-state index >= 15 is 0 Å². The number of carbonyl (C=O) groups is 2. The van der Waals surface area contributed by atoms with E-state index in [-0.39, 0.29) is 24.4 Å². The van der Waals surface area contributed by atoms with E-state index in [1.807, 2.05) is 42.5 Å². The molecule has 1 fully saturated rings. The molecule has 3 rings (SSSR count). The number of piperazine rings is 1. The first-order valence-corrected chi connectivity index (χ1v) is 9.31. The van der Waals surface area contributed by atoms with Gasteiger partial charge in [-0.25, -0.2) is 4.79 Å². The number of benzene rings is 2. The van der Waals surface area contributed by atoms with Crippen molar-refractivity contribution in [3.8, 4) is 0 Å². The van der Waals surface area contributed by atoms with E-state index in [2.05, 4.69) is 16.0 Å². The van der Waals surface area contributed by atoms with Gasteiger partial charge in [0.05, 0.1) is 6.04 Å². The predicted molar refractivity (Wildman–Crippen MR) is 114 cm³/mol.